The van der Waals surface area contributed by atoms with Crippen LogP contribution in [0.3, 0.4) is 0 Å². The molecule has 4 nitrogen and oxygen atoms in total. The zero-order valence-corrected chi connectivity index (χ0v) is 14.4. The zero-order chi connectivity index (χ0) is 15.9. The maximum absolute atomic E-state index is 12.4. The highest BCUT2D eigenvalue weighted by molar-refractivity contribution is 7.99. The first kappa shape index (κ1) is 16.8. The molecule has 1 aromatic rings. The molecule has 0 aliphatic carbocycles. The summed E-state index contributed by atoms with van der Waals surface area (Å²) in [6, 6.07) is 10.6. The number of benzene rings is 1. The molecule has 3 rings (SSSR count). The van der Waals surface area contributed by atoms with Crippen molar-refractivity contribution in [3.05, 3.63) is 35.9 Å². The standard InChI is InChI=1S/C18H26N2O2S/c21-18(10-17-14-23-9-7-19-17)20-8-6-16(11-20)13-22-12-15-4-2-1-3-5-15/h1-5,16-17,19H,6-14H2. The smallest absolute Gasteiger partial charge is 0.224 e. The molecule has 2 saturated heterocycles. The third kappa shape index (κ3) is 5.23. The Hall–Kier alpha value is -1.04. The van der Waals surface area contributed by atoms with E-state index in [4.69, 9.17) is 4.74 Å². The van der Waals surface area contributed by atoms with E-state index in [0.29, 0.717) is 30.9 Å². The van der Waals surface area contributed by atoms with Crippen LogP contribution in [0.2, 0.25) is 0 Å². The van der Waals surface area contributed by atoms with Gasteiger partial charge in [0.2, 0.25) is 5.91 Å². The highest BCUT2D eigenvalue weighted by Gasteiger charge is 2.28. The minimum Gasteiger partial charge on any atom is -0.376 e. The molecule has 1 aromatic carbocycles. The first-order valence-corrected chi connectivity index (χ1v) is 9.67. The van der Waals surface area contributed by atoms with Gasteiger partial charge in [-0.25, -0.2) is 0 Å². The van der Waals surface area contributed by atoms with Crippen molar-refractivity contribution in [2.75, 3.05) is 37.7 Å². The summed E-state index contributed by atoms with van der Waals surface area (Å²) in [6.07, 6.45) is 1.71. The van der Waals surface area contributed by atoms with Crippen molar-refractivity contribution in [1.29, 1.82) is 0 Å². The molecule has 0 bridgehead atoms. The number of rotatable bonds is 6. The summed E-state index contributed by atoms with van der Waals surface area (Å²) in [4.78, 5) is 14.4. The van der Waals surface area contributed by atoms with E-state index in [2.05, 4.69) is 17.4 Å². The summed E-state index contributed by atoms with van der Waals surface area (Å²) in [6.45, 7) is 4.18. The lowest BCUT2D eigenvalue weighted by Gasteiger charge is -2.25. The number of thioether (sulfide) groups is 1. The summed E-state index contributed by atoms with van der Waals surface area (Å²) >= 11 is 1.94. The average molecular weight is 334 g/mol. The van der Waals surface area contributed by atoms with Gasteiger partial charge in [0.05, 0.1) is 13.2 Å². The van der Waals surface area contributed by atoms with Gasteiger partial charge in [-0.2, -0.15) is 11.8 Å². The average Bonchev–Trinajstić information content (AvgIpc) is 3.06. The van der Waals surface area contributed by atoms with Crippen LogP contribution in [0.15, 0.2) is 30.3 Å². The predicted molar refractivity (Wildman–Crippen MR) is 94.5 cm³/mol. The van der Waals surface area contributed by atoms with Crippen LogP contribution in [-0.4, -0.2) is 54.6 Å². The monoisotopic (exact) mass is 334 g/mol. The summed E-state index contributed by atoms with van der Waals surface area (Å²) in [5.41, 5.74) is 1.21. The van der Waals surface area contributed by atoms with Gasteiger partial charge in [0.1, 0.15) is 0 Å². The normalized spacial score (nSPS) is 24.8. The van der Waals surface area contributed by atoms with Gasteiger partial charge in [-0.05, 0) is 12.0 Å². The van der Waals surface area contributed by atoms with E-state index in [1.165, 1.54) is 5.56 Å². The molecule has 0 spiro atoms. The van der Waals surface area contributed by atoms with Crippen LogP contribution in [0.5, 0.6) is 0 Å². The van der Waals surface area contributed by atoms with Gasteiger partial charge in [0, 0.05) is 49.5 Å². The number of likely N-dealkylation sites (tertiary alicyclic amines) is 1. The van der Waals surface area contributed by atoms with Gasteiger partial charge in [-0.3, -0.25) is 4.79 Å². The topological polar surface area (TPSA) is 41.6 Å². The molecule has 0 radical (unpaired) electrons. The van der Waals surface area contributed by atoms with E-state index in [9.17, 15) is 4.79 Å². The lowest BCUT2D eigenvalue weighted by Crippen LogP contribution is -2.42. The van der Waals surface area contributed by atoms with Crippen molar-refractivity contribution < 1.29 is 9.53 Å². The van der Waals surface area contributed by atoms with Crippen LogP contribution in [0.4, 0.5) is 0 Å². The maximum atomic E-state index is 12.4. The predicted octanol–water partition coefficient (Wildman–Crippen LogP) is 2.15. The highest BCUT2D eigenvalue weighted by Crippen LogP contribution is 2.19. The Bertz CT molecular complexity index is 491. The zero-order valence-electron chi connectivity index (χ0n) is 13.6. The van der Waals surface area contributed by atoms with E-state index in [1.54, 1.807) is 0 Å². The lowest BCUT2D eigenvalue weighted by atomic mass is 10.1. The van der Waals surface area contributed by atoms with E-state index >= 15 is 0 Å². The summed E-state index contributed by atoms with van der Waals surface area (Å²) < 4.78 is 5.83. The van der Waals surface area contributed by atoms with Gasteiger partial charge >= 0.3 is 0 Å². The van der Waals surface area contributed by atoms with Gasteiger partial charge in [-0.15, -0.1) is 0 Å². The number of carbonyl (C=O) groups is 1. The molecule has 2 aliphatic heterocycles. The van der Waals surface area contributed by atoms with Crippen LogP contribution < -0.4 is 5.32 Å². The molecule has 2 fully saturated rings. The second-order valence-electron chi connectivity index (χ2n) is 6.43. The fourth-order valence-electron chi connectivity index (χ4n) is 3.20. The Labute approximate surface area is 143 Å². The lowest BCUT2D eigenvalue weighted by molar-refractivity contribution is -0.130. The van der Waals surface area contributed by atoms with Crippen LogP contribution in [-0.2, 0) is 16.1 Å². The molecule has 0 saturated carbocycles. The molecular formula is C18H26N2O2S. The van der Waals surface area contributed by atoms with Gasteiger partial charge in [0.15, 0.2) is 0 Å². The van der Waals surface area contributed by atoms with E-state index in [1.807, 2.05) is 34.9 Å². The Balaban J connectivity index is 1.35. The Morgan fingerprint density at radius 3 is 3.00 bits per heavy atom. The third-order valence-corrected chi connectivity index (χ3v) is 5.65. The second-order valence-corrected chi connectivity index (χ2v) is 7.58. The van der Waals surface area contributed by atoms with Crippen LogP contribution in [0.1, 0.15) is 18.4 Å². The Morgan fingerprint density at radius 2 is 2.22 bits per heavy atom. The Morgan fingerprint density at radius 1 is 1.35 bits per heavy atom. The van der Waals surface area contributed by atoms with Crippen LogP contribution >= 0.6 is 11.8 Å². The minimum atomic E-state index is 0.301. The van der Waals surface area contributed by atoms with E-state index in [0.717, 1.165) is 44.2 Å². The van der Waals surface area contributed by atoms with Crippen LogP contribution in [0, 0.1) is 5.92 Å². The summed E-state index contributed by atoms with van der Waals surface area (Å²) in [5.74, 6) is 3.00. The number of nitrogens with one attached hydrogen (secondary N) is 1. The second kappa shape index (κ2) is 8.71. The molecule has 126 valence electrons. The van der Waals surface area contributed by atoms with E-state index < -0.39 is 0 Å². The molecular weight excluding hydrogens is 308 g/mol. The van der Waals surface area contributed by atoms with Gasteiger partial charge < -0.3 is 15.0 Å². The number of carbonyl (C=O) groups excluding carboxylic acids is 1. The molecule has 5 heteroatoms. The molecule has 23 heavy (non-hydrogen) atoms. The SMILES string of the molecule is O=C(CC1CSCCN1)N1CCC(COCc2ccccc2)C1. The number of nitrogens with zero attached hydrogens (tertiary/aromatic N) is 1. The summed E-state index contributed by atoms with van der Waals surface area (Å²) in [7, 11) is 0. The van der Waals surface area contributed by atoms with E-state index in [-0.39, 0.29) is 0 Å². The molecule has 1 amide bonds. The first-order valence-electron chi connectivity index (χ1n) is 8.52. The fraction of sp³-hybridized carbons (Fsp3) is 0.611. The molecule has 2 unspecified atom stereocenters. The van der Waals surface area contributed by atoms with Crippen molar-refractivity contribution in [2.24, 2.45) is 5.92 Å². The van der Waals surface area contributed by atoms with Crippen molar-refractivity contribution >= 4 is 17.7 Å². The quantitative estimate of drug-likeness (QED) is 0.865. The van der Waals surface area contributed by atoms with Gasteiger partial charge in [0.25, 0.3) is 0 Å². The summed E-state index contributed by atoms with van der Waals surface area (Å²) in [5, 5.41) is 3.44. The maximum Gasteiger partial charge on any atom is 0.224 e. The number of hydrogen-bond donors (Lipinski definition) is 1. The molecule has 1 N–H and O–H groups in total. The first-order chi connectivity index (χ1) is 11.3. The van der Waals surface area contributed by atoms with Crippen molar-refractivity contribution in [1.82, 2.24) is 10.2 Å². The number of hydrogen-bond acceptors (Lipinski definition) is 4. The molecule has 2 atom stereocenters. The molecule has 2 aliphatic rings. The fourth-order valence-corrected chi connectivity index (χ4v) is 4.15. The van der Waals surface area contributed by atoms with Gasteiger partial charge in [-0.1, -0.05) is 30.3 Å². The molecule has 0 aromatic heterocycles. The largest absolute Gasteiger partial charge is 0.376 e. The number of amides is 1. The van der Waals surface area contributed by atoms with Crippen molar-refractivity contribution in [2.45, 2.75) is 25.5 Å². The third-order valence-electron chi connectivity index (χ3n) is 4.52. The highest BCUT2D eigenvalue weighted by atomic mass is 32.2. The minimum absolute atomic E-state index is 0.301. The van der Waals surface area contributed by atoms with Crippen molar-refractivity contribution in [3.8, 4) is 0 Å². The van der Waals surface area contributed by atoms with Crippen molar-refractivity contribution in [3.63, 3.8) is 0 Å². The number of ether oxygens (including phenoxy) is 1. The van der Waals surface area contributed by atoms with Crippen LogP contribution in [0.25, 0.3) is 0 Å². The Kier molecular flexibility index (Phi) is 6.37. The molecule has 2 heterocycles.